The standard InChI is InChI=1S/C19H19N5O2/c25-18(26)9-11-21-16-12-17(22-13-14-6-2-1-3-7-14)24-19(23-16)15-8-4-5-10-20-15/h1-8,10,12H,9,11,13H2,(H,25,26)(H2,21,22,23,24). The zero-order chi connectivity index (χ0) is 18.2. The molecule has 0 unspecified atom stereocenters. The van der Waals surface area contributed by atoms with Gasteiger partial charge in [0.2, 0.25) is 0 Å². The van der Waals surface area contributed by atoms with Gasteiger partial charge in [0.1, 0.15) is 17.3 Å². The molecule has 0 radical (unpaired) electrons. The molecule has 0 fully saturated rings. The number of nitrogens with one attached hydrogen (secondary N) is 2. The smallest absolute Gasteiger partial charge is 0.305 e. The third kappa shape index (κ3) is 5.01. The Bertz CT molecular complexity index is 856. The predicted molar refractivity (Wildman–Crippen MR) is 99.8 cm³/mol. The van der Waals surface area contributed by atoms with Crippen LogP contribution in [0.5, 0.6) is 0 Å². The molecular formula is C19H19N5O2. The molecule has 26 heavy (non-hydrogen) atoms. The minimum absolute atomic E-state index is 0.00962. The number of carboxylic acid groups (broad SMARTS) is 1. The maximum atomic E-state index is 10.7. The van der Waals surface area contributed by atoms with Gasteiger partial charge in [0.05, 0.1) is 6.42 Å². The molecule has 0 atom stereocenters. The van der Waals surface area contributed by atoms with E-state index in [-0.39, 0.29) is 13.0 Å². The van der Waals surface area contributed by atoms with Crippen LogP contribution in [0.3, 0.4) is 0 Å². The molecule has 3 aromatic rings. The van der Waals surface area contributed by atoms with E-state index in [9.17, 15) is 4.79 Å². The minimum atomic E-state index is -0.862. The summed E-state index contributed by atoms with van der Waals surface area (Å²) in [6.45, 7) is 0.903. The molecule has 2 aromatic heterocycles. The lowest BCUT2D eigenvalue weighted by Crippen LogP contribution is -2.11. The fourth-order valence-electron chi connectivity index (χ4n) is 2.32. The second-order valence-corrected chi connectivity index (χ2v) is 5.59. The molecular weight excluding hydrogens is 330 g/mol. The molecule has 0 bridgehead atoms. The lowest BCUT2D eigenvalue weighted by atomic mass is 10.2. The highest BCUT2D eigenvalue weighted by atomic mass is 16.4. The Labute approximate surface area is 151 Å². The third-order valence-electron chi connectivity index (χ3n) is 3.58. The summed E-state index contributed by atoms with van der Waals surface area (Å²) in [5.41, 5.74) is 1.78. The van der Waals surface area contributed by atoms with Crippen molar-refractivity contribution in [1.29, 1.82) is 0 Å². The Morgan fingerprint density at radius 1 is 0.962 bits per heavy atom. The van der Waals surface area contributed by atoms with Gasteiger partial charge in [0, 0.05) is 25.4 Å². The first-order valence-corrected chi connectivity index (χ1v) is 8.24. The number of anilines is 2. The number of carbonyl (C=O) groups is 1. The van der Waals surface area contributed by atoms with Crippen LogP contribution < -0.4 is 10.6 Å². The molecule has 0 spiro atoms. The van der Waals surface area contributed by atoms with E-state index >= 15 is 0 Å². The van der Waals surface area contributed by atoms with Gasteiger partial charge in [-0.05, 0) is 17.7 Å². The molecule has 0 saturated carbocycles. The fraction of sp³-hybridized carbons (Fsp3) is 0.158. The molecule has 3 N–H and O–H groups in total. The Kier molecular flexibility index (Phi) is 5.72. The van der Waals surface area contributed by atoms with Crippen molar-refractivity contribution in [1.82, 2.24) is 15.0 Å². The van der Waals surface area contributed by atoms with Crippen molar-refractivity contribution in [3.05, 3.63) is 66.4 Å². The van der Waals surface area contributed by atoms with Gasteiger partial charge in [-0.1, -0.05) is 36.4 Å². The molecule has 0 aliphatic heterocycles. The van der Waals surface area contributed by atoms with Gasteiger partial charge in [-0.2, -0.15) is 0 Å². The number of nitrogens with zero attached hydrogens (tertiary/aromatic N) is 3. The SMILES string of the molecule is O=C(O)CCNc1cc(NCc2ccccc2)nc(-c2ccccn2)n1. The van der Waals surface area contributed by atoms with Crippen molar-refractivity contribution in [2.75, 3.05) is 17.2 Å². The number of hydrogen-bond donors (Lipinski definition) is 3. The van der Waals surface area contributed by atoms with Crippen LogP contribution >= 0.6 is 0 Å². The minimum Gasteiger partial charge on any atom is -0.481 e. The molecule has 7 nitrogen and oxygen atoms in total. The first-order chi connectivity index (χ1) is 12.7. The van der Waals surface area contributed by atoms with Gasteiger partial charge in [-0.3, -0.25) is 9.78 Å². The number of carboxylic acids is 1. The highest BCUT2D eigenvalue weighted by Gasteiger charge is 2.08. The van der Waals surface area contributed by atoms with E-state index in [2.05, 4.69) is 25.6 Å². The fourth-order valence-corrected chi connectivity index (χ4v) is 2.32. The van der Waals surface area contributed by atoms with Crippen LogP contribution in [0.2, 0.25) is 0 Å². The maximum Gasteiger partial charge on any atom is 0.305 e. The number of rotatable bonds is 8. The molecule has 0 aliphatic carbocycles. The zero-order valence-electron chi connectivity index (χ0n) is 14.1. The van der Waals surface area contributed by atoms with Crippen LogP contribution in [0.4, 0.5) is 11.6 Å². The summed E-state index contributed by atoms with van der Waals surface area (Å²) in [6.07, 6.45) is 1.69. The lowest BCUT2D eigenvalue weighted by Gasteiger charge is -2.11. The van der Waals surface area contributed by atoms with Gasteiger partial charge in [0.15, 0.2) is 5.82 Å². The third-order valence-corrected chi connectivity index (χ3v) is 3.58. The van der Waals surface area contributed by atoms with Gasteiger partial charge in [0.25, 0.3) is 0 Å². The van der Waals surface area contributed by atoms with Crippen LogP contribution in [0, 0.1) is 0 Å². The van der Waals surface area contributed by atoms with Gasteiger partial charge >= 0.3 is 5.97 Å². The van der Waals surface area contributed by atoms with E-state index < -0.39 is 5.97 Å². The molecule has 0 amide bonds. The Morgan fingerprint density at radius 2 is 1.69 bits per heavy atom. The van der Waals surface area contributed by atoms with Crippen LogP contribution in [0.1, 0.15) is 12.0 Å². The van der Waals surface area contributed by atoms with Gasteiger partial charge < -0.3 is 15.7 Å². The number of hydrogen-bond acceptors (Lipinski definition) is 6. The van der Waals surface area contributed by atoms with Crippen LogP contribution in [-0.2, 0) is 11.3 Å². The predicted octanol–water partition coefficient (Wildman–Crippen LogP) is 3.04. The second kappa shape index (κ2) is 8.57. The monoisotopic (exact) mass is 349 g/mol. The van der Waals surface area contributed by atoms with E-state index in [4.69, 9.17) is 5.11 Å². The van der Waals surface area contributed by atoms with Crippen molar-refractivity contribution in [2.24, 2.45) is 0 Å². The number of aromatic nitrogens is 3. The van der Waals surface area contributed by atoms with E-state index in [1.165, 1.54) is 0 Å². The Morgan fingerprint density at radius 3 is 2.38 bits per heavy atom. The van der Waals surface area contributed by atoms with Crippen molar-refractivity contribution >= 4 is 17.6 Å². The molecule has 0 saturated heterocycles. The summed E-state index contributed by atoms with van der Waals surface area (Å²) in [4.78, 5) is 24.0. The molecule has 0 aliphatic rings. The summed E-state index contributed by atoms with van der Waals surface area (Å²) < 4.78 is 0. The maximum absolute atomic E-state index is 10.7. The van der Waals surface area contributed by atoms with E-state index in [0.717, 1.165) is 5.56 Å². The Balaban J connectivity index is 1.81. The van der Waals surface area contributed by atoms with Gasteiger partial charge in [-0.15, -0.1) is 0 Å². The normalized spacial score (nSPS) is 10.3. The second-order valence-electron chi connectivity index (χ2n) is 5.59. The van der Waals surface area contributed by atoms with Crippen molar-refractivity contribution in [3.63, 3.8) is 0 Å². The molecule has 132 valence electrons. The number of benzene rings is 1. The van der Waals surface area contributed by atoms with E-state index in [1.54, 1.807) is 12.3 Å². The zero-order valence-corrected chi connectivity index (χ0v) is 14.1. The van der Waals surface area contributed by atoms with Crippen molar-refractivity contribution in [3.8, 4) is 11.5 Å². The average molecular weight is 349 g/mol. The Hall–Kier alpha value is -3.48. The number of aliphatic carboxylic acids is 1. The van der Waals surface area contributed by atoms with E-state index in [1.807, 2.05) is 48.5 Å². The summed E-state index contributed by atoms with van der Waals surface area (Å²) in [6, 6.07) is 17.3. The summed E-state index contributed by atoms with van der Waals surface area (Å²) in [5.74, 6) is 0.806. The molecule has 7 heteroatoms. The number of pyridine rings is 1. The lowest BCUT2D eigenvalue weighted by molar-refractivity contribution is -0.136. The van der Waals surface area contributed by atoms with Crippen LogP contribution in [-0.4, -0.2) is 32.6 Å². The first-order valence-electron chi connectivity index (χ1n) is 8.24. The average Bonchev–Trinajstić information content (AvgIpc) is 2.67. The summed E-state index contributed by atoms with van der Waals surface area (Å²) in [7, 11) is 0. The van der Waals surface area contributed by atoms with Gasteiger partial charge in [-0.25, -0.2) is 9.97 Å². The highest BCUT2D eigenvalue weighted by molar-refractivity contribution is 5.67. The quantitative estimate of drug-likeness (QED) is 0.575. The van der Waals surface area contributed by atoms with Crippen molar-refractivity contribution in [2.45, 2.75) is 13.0 Å². The van der Waals surface area contributed by atoms with E-state index in [0.29, 0.717) is 29.7 Å². The summed E-state index contributed by atoms with van der Waals surface area (Å²) >= 11 is 0. The topological polar surface area (TPSA) is 100 Å². The first kappa shape index (κ1) is 17.3. The largest absolute Gasteiger partial charge is 0.481 e. The highest BCUT2D eigenvalue weighted by Crippen LogP contribution is 2.19. The molecule has 3 rings (SSSR count). The molecule has 2 heterocycles. The molecule has 1 aromatic carbocycles. The van der Waals surface area contributed by atoms with Crippen LogP contribution in [0.15, 0.2) is 60.8 Å². The van der Waals surface area contributed by atoms with Crippen LogP contribution in [0.25, 0.3) is 11.5 Å². The van der Waals surface area contributed by atoms with Crippen molar-refractivity contribution < 1.29 is 9.90 Å². The summed E-state index contributed by atoms with van der Waals surface area (Å²) in [5, 5.41) is 15.1.